The summed E-state index contributed by atoms with van der Waals surface area (Å²) in [5.41, 5.74) is 5.50. The number of azo groups is 1. The Labute approximate surface area is 78.1 Å². The molecule has 4 heteroatoms. The molecule has 0 aromatic heterocycles. The van der Waals surface area contributed by atoms with E-state index in [0.29, 0.717) is 5.70 Å². The van der Waals surface area contributed by atoms with E-state index in [1.54, 1.807) is 6.08 Å². The van der Waals surface area contributed by atoms with E-state index in [9.17, 15) is 0 Å². The van der Waals surface area contributed by atoms with Gasteiger partial charge in [0.1, 0.15) is 6.07 Å². The quantitative estimate of drug-likeness (QED) is 0.669. The fourth-order valence-electron chi connectivity index (χ4n) is 1.28. The largest absolute Gasteiger partial charge is 0.302 e. The van der Waals surface area contributed by atoms with Crippen molar-refractivity contribution in [2.45, 2.75) is 38.3 Å². The minimum Gasteiger partial charge on any atom is -0.302 e. The average molecular weight is 178 g/mol. The monoisotopic (exact) mass is 178 g/mol. The lowest BCUT2D eigenvalue weighted by Crippen LogP contribution is -2.33. The lowest BCUT2D eigenvalue weighted by atomic mass is 10.0. The lowest BCUT2D eigenvalue weighted by Gasteiger charge is -2.15. The first-order chi connectivity index (χ1) is 6.20. The van der Waals surface area contributed by atoms with Crippen LogP contribution in [0.4, 0.5) is 0 Å². The molecule has 0 spiro atoms. The first-order valence-electron chi connectivity index (χ1n) is 4.55. The van der Waals surface area contributed by atoms with Gasteiger partial charge in [0.05, 0.1) is 0 Å². The van der Waals surface area contributed by atoms with Crippen LogP contribution in [0.25, 0.3) is 0 Å². The number of nitriles is 1. The second-order valence-corrected chi connectivity index (χ2v) is 3.29. The predicted molar refractivity (Wildman–Crippen MR) is 49.6 cm³/mol. The first-order valence-corrected chi connectivity index (χ1v) is 4.55. The van der Waals surface area contributed by atoms with Crippen LogP contribution in [0.15, 0.2) is 22.0 Å². The number of allylic oxidation sites excluding steroid dienone is 1. The van der Waals surface area contributed by atoms with Gasteiger partial charge in [0.15, 0.2) is 11.4 Å². The second kappa shape index (κ2) is 4.15. The fourth-order valence-corrected chi connectivity index (χ4v) is 1.28. The highest BCUT2D eigenvalue weighted by Crippen LogP contribution is 2.24. The zero-order valence-corrected chi connectivity index (χ0v) is 7.82. The van der Waals surface area contributed by atoms with Crippen molar-refractivity contribution < 1.29 is 0 Å². The van der Waals surface area contributed by atoms with Gasteiger partial charge < -0.3 is 5.73 Å². The standard InChI is InChI=1S/C9H14N4/c1-2-3-4-5-9(11)6-8(7-10)12-13-9/h6H,2-5,11H2,1H3. The van der Waals surface area contributed by atoms with Gasteiger partial charge in [0.2, 0.25) is 0 Å². The van der Waals surface area contributed by atoms with E-state index in [4.69, 9.17) is 11.0 Å². The van der Waals surface area contributed by atoms with Crippen molar-refractivity contribution in [1.82, 2.24) is 0 Å². The van der Waals surface area contributed by atoms with Crippen LogP contribution < -0.4 is 5.73 Å². The van der Waals surface area contributed by atoms with Crippen LogP contribution in [-0.4, -0.2) is 5.66 Å². The highest BCUT2D eigenvalue weighted by atomic mass is 15.2. The van der Waals surface area contributed by atoms with Crippen molar-refractivity contribution in [2.24, 2.45) is 16.0 Å². The van der Waals surface area contributed by atoms with E-state index < -0.39 is 5.66 Å². The van der Waals surface area contributed by atoms with Crippen LogP contribution in [0.5, 0.6) is 0 Å². The van der Waals surface area contributed by atoms with E-state index in [1.807, 2.05) is 6.07 Å². The smallest absolute Gasteiger partial charge is 0.162 e. The number of hydrogen-bond donors (Lipinski definition) is 1. The van der Waals surface area contributed by atoms with E-state index in [1.165, 1.54) is 0 Å². The molecule has 70 valence electrons. The number of nitrogens with two attached hydrogens (primary N) is 1. The third-order valence-electron chi connectivity index (χ3n) is 2.03. The van der Waals surface area contributed by atoms with Crippen molar-refractivity contribution >= 4 is 0 Å². The summed E-state index contributed by atoms with van der Waals surface area (Å²) in [4.78, 5) is 0. The summed E-state index contributed by atoms with van der Waals surface area (Å²) >= 11 is 0. The van der Waals surface area contributed by atoms with Gasteiger partial charge in [-0.05, 0) is 18.9 Å². The van der Waals surface area contributed by atoms with E-state index in [-0.39, 0.29) is 0 Å². The molecule has 0 amide bonds. The molecule has 0 saturated carbocycles. The molecule has 0 saturated heterocycles. The normalized spacial score (nSPS) is 25.8. The fraction of sp³-hybridized carbons (Fsp3) is 0.667. The Bertz CT molecular complexity index is 274. The first kappa shape index (κ1) is 9.87. The zero-order chi connectivity index (χ0) is 9.73. The van der Waals surface area contributed by atoms with E-state index in [2.05, 4.69) is 17.2 Å². The summed E-state index contributed by atoms with van der Waals surface area (Å²) in [7, 11) is 0. The molecule has 1 aliphatic heterocycles. The van der Waals surface area contributed by atoms with Crippen molar-refractivity contribution in [3.05, 3.63) is 11.8 Å². The maximum atomic E-state index is 8.54. The molecule has 0 aromatic carbocycles. The topological polar surface area (TPSA) is 74.5 Å². The SMILES string of the molecule is CCCCCC1(N)C=C(C#N)N=N1. The molecule has 0 fully saturated rings. The molecule has 0 radical (unpaired) electrons. The molecular formula is C9H14N4. The second-order valence-electron chi connectivity index (χ2n) is 3.29. The molecule has 1 rings (SSSR count). The van der Waals surface area contributed by atoms with Crippen molar-refractivity contribution in [3.63, 3.8) is 0 Å². The lowest BCUT2D eigenvalue weighted by molar-refractivity contribution is 0.471. The van der Waals surface area contributed by atoms with Gasteiger partial charge in [-0.2, -0.15) is 10.4 Å². The van der Waals surface area contributed by atoms with E-state index >= 15 is 0 Å². The van der Waals surface area contributed by atoms with Crippen molar-refractivity contribution in [2.75, 3.05) is 0 Å². The number of unbranched alkanes of at least 4 members (excludes halogenated alkanes) is 2. The molecule has 1 atom stereocenters. The molecule has 1 heterocycles. The summed E-state index contributed by atoms with van der Waals surface area (Å²) < 4.78 is 0. The highest BCUT2D eigenvalue weighted by Gasteiger charge is 2.26. The van der Waals surface area contributed by atoms with Gasteiger partial charge in [0.25, 0.3) is 0 Å². The Kier molecular flexibility index (Phi) is 3.15. The third kappa shape index (κ3) is 2.63. The van der Waals surface area contributed by atoms with Gasteiger partial charge in [-0.25, -0.2) is 0 Å². The third-order valence-corrected chi connectivity index (χ3v) is 2.03. The predicted octanol–water partition coefficient (Wildman–Crippen LogP) is 2.09. The summed E-state index contributed by atoms with van der Waals surface area (Å²) in [5, 5.41) is 16.1. The van der Waals surface area contributed by atoms with Crippen molar-refractivity contribution in [3.8, 4) is 6.07 Å². The molecule has 4 nitrogen and oxygen atoms in total. The Morgan fingerprint density at radius 2 is 2.38 bits per heavy atom. The summed E-state index contributed by atoms with van der Waals surface area (Å²) in [6.45, 7) is 2.13. The summed E-state index contributed by atoms with van der Waals surface area (Å²) in [6, 6.07) is 1.93. The maximum Gasteiger partial charge on any atom is 0.162 e. The Hall–Kier alpha value is -1.21. The van der Waals surface area contributed by atoms with Crippen LogP contribution >= 0.6 is 0 Å². The number of hydrogen-bond acceptors (Lipinski definition) is 4. The van der Waals surface area contributed by atoms with Crippen LogP contribution in [0.2, 0.25) is 0 Å². The molecule has 0 aromatic rings. The molecule has 0 aliphatic carbocycles. The Morgan fingerprint density at radius 1 is 1.62 bits per heavy atom. The van der Waals surface area contributed by atoms with Gasteiger partial charge in [-0.15, -0.1) is 5.11 Å². The zero-order valence-electron chi connectivity index (χ0n) is 7.82. The van der Waals surface area contributed by atoms with Gasteiger partial charge in [0, 0.05) is 0 Å². The molecule has 13 heavy (non-hydrogen) atoms. The maximum absolute atomic E-state index is 8.54. The van der Waals surface area contributed by atoms with Gasteiger partial charge in [-0.3, -0.25) is 0 Å². The highest BCUT2D eigenvalue weighted by molar-refractivity contribution is 5.27. The minimum atomic E-state index is -0.708. The van der Waals surface area contributed by atoms with Crippen LogP contribution in [-0.2, 0) is 0 Å². The molecular weight excluding hydrogens is 164 g/mol. The summed E-state index contributed by atoms with van der Waals surface area (Å²) in [5.74, 6) is 0. The number of nitrogens with zero attached hydrogens (tertiary/aromatic N) is 3. The van der Waals surface area contributed by atoms with Crippen LogP contribution in [0, 0.1) is 11.3 Å². The molecule has 1 aliphatic rings. The Morgan fingerprint density at radius 3 is 2.92 bits per heavy atom. The van der Waals surface area contributed by atoms with E-state index in [0.717, 1.165) is 25.7 Å². The van der Waals surface area contributed by atoms with Crippen LogP contribution in [0.1, 0.15) is 32.6 Å². The molecule has 1 unspecified atom stereocenters. The van der Waals surface area contributed by atoms with Gasteiger partial charge in [-0.1, -0.05) is 19.8 Å². The Balaban J connectivity index is 2.47. The average Bonchev–Trinajstić information content (AvgIpc) is 2.49. The van der Waals surface area contributed by atoms with Crippen molar-refractivity contribution in [1.29, 1.82) is 5.26 Å². The number of rotatable bonds is 4. The molecule has 2 N–H and O–H groups in total. The van der Waals surface area contributed by atoms with Crippen LogP contribution in [0.3, 0.4) is 0 Å². The minimum absolute atomic E-state index is 0.332. The summed E-state index contributed by atoms with van der Waals surface area (Å²) in [6.07, 6.45) is 5.74. The molecule has 0 bridgehead atoms. The van der Waals surface area contributed by atoms with Gasteiger partial charge >= 0.3 is 0 Å².